The Morgan fingerprint density at radius 2 is 2.12 bits per heavy atom. The molecule has 2 aliphatic carbocycles. The fraction of sp³-hybridized carbons (Fsp3) is 0.615. The molecule has 0 radical (unpaired) electrons. The first-order valence-corrected chi connectivity index (χ1v) is 11.9. The van der Waals surface area contributed by atoms with Crippen molar-refractivity contribution in [1.82, 2.24) is 14.5 Å². The van der Waals surface area contributed by atoms with Gasteiger partial charge >= 0.3 is 5.65 Å². The van der Waals surface area contributed by atoms with Crippen molar-refractivity contribution in [3.8, 4) is 0 Å². The molecule has 2 aromatic heterocycles. The number of nitrogens with two attached hydrogens (primary N) is 1. The average molecular weight is 437 g/mol. The van der Waals surface area contributed by atoms with Crippen LogP contribution >= 0.6 is 0 Å². The summed E-state index contributed by atoms with van der Waals surface area (Å²) in [7, 11) is 1.98. The summed E-state index contributed by atoms with van der Waals surface area (Å²) in [6, 6.07) is 0. The van der Waals surface area contributed by atoms with E-state index in [0.29, 0.717) is 29.9 Å². The smallest absolute Gasteiger partial charge is 0.307 e. The van der Waals surface area contributed by atoms with Gasteiger partial charge in [0, 0.05) is 6.42 Å². The molecule has 0 spiro atoms. The van der Waals surface area contributed by atoms with Gasteiger partial charge in [0.2, 0.25) is 5.52 Å². The van der Waals surface area contributed by atoms with Crippen LogP contribution in [0.5, 0.6) is 0 Å². The van der Waals surface area contributed by atoms with Crippen LogP contribution in [0.15, 0.2) is 36.0 Å². The lowest BCUT2D eigenvalue weighted by Crippen LogP contribution is -2.50. The second-order valence-corrected chi connectivity index (χ2v) is 10.8. The summed E-state index contributed by atoms with van der Waals surface area (Å²) in [5, 5.41) is 0. The summed E-state index contributed by atoms with van der Waals surface area (Å²) in [4.78, 5) is 21.0. The molecule has 2 heterocycles. The Bertz CT molecular complexity index is 1110. The second-order valence-electron chi connectivity index (χ2n) is 10.8. The zero-order valence-electron chi connectivity index (χ0n) is 20.5. The van der Waals surface area contributed by atoms with Crippen LogP contribution in [0.25, 0.3) is 11.2 Å². The molecule has 1 saturated carbocycles. The minimum absolute atomic E-state index is 0.156. The van der Waals surface area contributed by atoms with E-state index in [0.717, 1.165) is 30.6 Å². The number of allylic oxidation sites excluding steroid dienone is 4. The van der Waals surface area contributed by atoms with Crippen molar-refractivity contribution in [2.24, 2.45) is 29.7 Å². The first-order valence-electron chi connectivity index (χ1n) is 11.9. The maximum Gasteiger partial charge on any atom is 0.307 e. The van der Waals surface area contributed by atoms with Crippen LogP contribution in [0.3, 0.4) is 0 Å². The van der Waals surface area contributed by atoms with Crippen LogP contribution in [0.2, 0.25) is 0 Å². The highest BCUT2D eigenvalue weighted by Gasteiger charge is 2.54. The third kappa shape index (κ3) is 3.67. The molecular weight excluding hydrogens is 398 g/mol. The van der Waals surface area contributed by atoms with Gasteiger partial charge in [-0.15, -0.1) is 0 Å². The molecule has 0 aromatic carbocycles. The number of hydrogen-bond acceptors (Lipinski definition) is 4. The number of fused-ring (bicyclic) bond motifs is 2. The van der Waals surface area contributed by atoms with Crippen molar-refractivity contribution in [3.05, 3.63) is 36.0 Å². The highest BCUT2D eigenvalue weighted by molar-refractivity contribution is 5.92. The fourth-order valence-electron chi connectivity index (χ4n) is 6.31. The maximum absolute atomic E-state index is 12.5. The number of nitrogens with zero attached hydrogens (tertiary/aromatic N) is 4. The molecule has 0 amide bonds. The number of aryl methyl sites for hydroxylation is 1. The molecule has 6 nitrogen and oxygen atoms in total. The van der Waals surface area contributed by atoms with Crippen LogP contribution in [0.4, 0.5) is 5.82 Å². The van der Waals surface area contributed by atoms with Gasteiger partial charge in [0.1, 0.15) is 0 Å². The van der Waals surface area contributed by atoms with E-state index in [2.05, 4.69) is 55.2 Å². The molecule has 4 atom stereocenters. The first-order chi connectivity index (χ1) is 15.1. The Kier molecular flexibility index (Phi) is 5.76. The van der Waals surface area contributed by atoms with Crippen molar-refractivity contribution in [1.29, 1.82) is 0 Å². The molecule has 0 unspecified atom stereocenters. The Balaban J connectivity index is 1.52. The first kappa shape index (κ1) is 22.7. The van der Waals surface area contributed by atoms with E-state index in [1.807, 2.05) is 24.0 Å². The summed E-state index contributed by atoms with van der Waals surface area (Å²) < 4.78 is 4.10. The molecule has 32 heavy (non-hydrogen) atoms. The van der Waals surface area contributed by atoms with Gasteiger partial charge in [-0.1, -0.05) is 43.0 Å². The van der Waals surface area contributed by atoms with Crippen molar-refractivity contribution in [3.63, 3.8) is 0 Å². The fourth-order valence-corrected chi connectivity index (χ4v) is 6.31. The van der Waals surface area contributed by atoms with Crippen molar-refractivity contribution < 1.29 is 9.36 Å². The summed E-state index contributed by atoms with van der Waals surface area (Å²) >= 11 is 0. The van der Waals surface area contributed by atoms with E-state index in [1.54, 1.807) is 0 Å². The Morgan fingerprint density at radius 1 is 1.38 bits per heavy atom. The number of carbonyl (C=O) groups is 1. The van der Waals surface area contributed by atoms with Gasteiger partial charge in [0.05, 0.1) is 13.6 Å². The summed E-state index contributed by atoms with van der Waals surface area (Å²) in [5.41, 5.74) is 10.8. The molecule has 172 valence electrons. The molecular formula is C26H38N5O+. The predicted molar refractivity (Wildman–Crippen MR) is 128 cm³/mol. The zero-order chi connectivity index (χ0) is 23.3. The van der Waals surface area contributed by atoms with Crippen molar-refractivity contribution in [2.45, 2.75) is 73.3 Å². The highest BCUT2D eigenvalue weighted by Crippen LogP contribution is 2.61. The SMILES string of the molecule is CC1=CC(=O)C[C@@H]2[C@@](C)(CC/C(C)=C/Cn3c[n+](C)c4ncnc(N)c43)[C@H](C)CC[C@@]12C. The molecule has 2 aromatic rings. The third-order valence-corrected chi connectivity index (χ3v) is 8.93. The van der Waals surface area contributed by atoms with Gasteiger partial charge < -0.3 is 5.73 Å². The lowest BCUT2D eigenvalue weighted by Gasteiger charge is -2.57. The van der Waals surface area contributed by atoms with Gasteiger partial charge in [0.15, 0.2) is 24.3 Å². The summed E-state index contributed by atoms with van der Waals surface area (Å²) in [6.45, 7) is 12.4. The standard InChI is InChI=1S/C26H38N5O/c1-17(9-12-31-16-30(6)24-22(31)23(27)28-15-29-24)7-10-25(4)18(2)8-11-26(5)19(3)13-20(32)14-21(25)26/h9,13,15-16,18,21H,7-8,10-12,14H2,1-6H3,(H2,27,28,29)/q+1/b17-9+/t18-,21-,25+,26+/m1/s1. The van der Waals surface area contributed by atoms with Gasteiger partial charge in [-0.25, -0.2) is 4.57 Å². The molecule has 1 fully saturated rings. The van der Waals surface area contributed by atoms with E-state index in [4.69, 9.17) is 5.73 Å². The molecule has 0 saturated heterocycles. The van der Waals surface area contributed by atoms with E-state index in [-0.39, 0.29) is 10.8 Å². The molecule has 4 rings (SSSR count). The largest absolute Gasteiger partial charge is 0.380 e. The number of hydrogen-bond donors (Lipinski definition) is 1. The average Bonchev–Trinajstić information content (AvgIpc) is 3.07. The normalized spacial score (nSPS) is 31.0. The number of imidazole rings is 1. The zero-order valence-corrected chi connectivity index (χ0v) is 20.5. The van der Waals surface area contributed by atoms with Crippen molar-refractivity contribution in [2.75, 3.05) is 5.73 Å². The third-order valence-electron chi connectivity index (χ3n) is 8.93. The van der Waals surface area contributed by atoms with E-state index in [9.17, 15) is 4.79 Å². The molecule has 6 heteroatoms. The lowest BCUT2D eigenvalue weighted by atomic mass is 9.47. The summed E-state index contributed by atoms with van der Waals surface area (Å²) in [6.07, 6.45) is 13.0. The number of aromatic nitrogens is 4. The highest BCUT2D eigenvalue weighted by atomic mass is 16.1. The van der Waals surface area contributed by atoms with Gasteiger partial charge in [-0.2, -0.15) is 4.98 Å². The maximum atomic E-state index is 12.5. The number of ketones is 1. The predicted octanol–water partition coefficient (Wildman–Crippen LogP) is 4.54. The Hall–Kier alpha value is -2.50. The van der Waals surface area contributed by atoms with Crippen molar-refractivity contribution >= 4 is 22.8 Å². The Labute approximate surface area is 191 Å². The Morgan fingerprint density at radius 3 is 2.88 bits per heavy atom. The number of anilines is 1. The monoisotopic (exact) mass is 436 g/mol. The number of rotatable bonds is 5. The molecule has 2 aliphatic rings. The van der Waals surface area contributed by atoms with Crippen LogP contribution < -0.4 is 10.3 Å². The quantitative estimate of drug-likeness (QED) is 0.551. The van der Waals surface area contributed by atoms with E-state index >= 15 is 0 Å². The minimum Gasteiger partial charge on any atom is -0.380 e. The van der Waals surface area contributed by atoms with Gasteiger partial charge in [-0.3, -0.25) is 9.36 Å². The van der Waals surface area contributed by atoms with Crippen LogP contribution in [0, 0.1) is 22.7 Å². The number of carbonyl (C=O) groups excluding carboxylic acids is 1. The lowest BCUT2D eigenvalue weighted by molar-refractivity contribution is -0.647. The summed E-state index contributed by atoms with van der Waals surface area (Å²) in [5.74, 6) is 1.87. The second kappa shape index (κ2) is 8.13. The van der Waals surface area contributed by atoms with Crippen LogP contribution in [-0.4, -0.2) is 20.3 Å². The van der Waals surface area contributed by atoms with E-state index in [1.165, 1.54) is 30.3 Å². The molecule has 2 N–H and O–H groups in total. The van der Waals surface area contributed by atoms with Crippen LogP contribution in [-0.2, 0) is 18.4 Å². The van der Waals surface area contributed by atoms with Crippen LogP contribution in [0.1, 0.15) is 66.7 Å². The van der Waals surface area contributed by atoms with E-state index < -0.39 is 0 Å². The van der Waals surface area contributed by atoms with Gasteiger partial charge in [0.25, 0.3) is 0 Å². The topological polar surface area (TPSA) is 77.7 Å². The minimum atomic E-state index is 0.156. The molecule has 0 aliphatic heterocycles. The van der Waals surface area contributed by atoms with Gasteiger partial charge in [-0.05, 0) is 68.3 Å². The number of nitrogen functional groups attached to an aromatic ring is 1. The molecule has 0 bridgehead atoms.